The van der Waals surface area contributed by atoms with Crippen molar-refractivity contribution in [2.75, 3.05) is 0 Å². The van der Waals surface area contributed by atoms with Crippen molar-refractivity contribution >= 4 is 0 Å². The summed E-state index contributed by atoms with van der Waals surface area (Å²) in [6, 6.07) is 2.37. The number of ether oxygens (including phenoxy) is 1. The third-order valence-electron chi connectivity index (χ3n) is 3.77. The van der Waals surface area contributed by atoms with Gasteiger partial charge < -0.3 is 9.84 Å². The zero-order valence-corrected chi connectivity index (χ0v) is 10.6. The highest BCUT2D eigenvalue weighted by molar-refractivity contribution is 5.08. The Hall–Kier alpha value is -0.590. The van der Waals surface area contributed by atoms with E-state index in [9.17, 15) is 10.4 Å². The highest BCUT2D eigenvalue weighted by atomic mass is 16.5. The minimum absolute atomic E-state index is 0.271. The van der Waals surface area contributed by atoms with Crippen LogP contribution in [-0.4, -0.2) is 22.9 Å². The summed E-state index contributed by atoms with van der Waals surface area (Å²) in [7, 11) is 0. The SMILES string of the molecule is CCC1CCCCC1(C#N)OC(C)C(C)O. The Morgan fingerprint density at radius 2 is 2.19 bits per heavy atom. The maximum Gasteiger partial charge on any atom is 0.157 e. The molecule has 4 atom stereocenters. The van der Waals surface area contributed by atoms with Crippen LogP contribution in [0.2, 0.25) is 0 Å². The number of aliphatic hydroxyl groups excluding tert-OH is 1. The van der Waals surface area contributed by atoms with Crippen LogP contribution in [0, 0.1) is 17.2 Å². The van der Waals surface area contributed by atoms with Crippen LogP contribution in [0.3, 0.4) is 0 Å². The number of nitriles is 1. The van der Waals surface area contributed by atoms with Crippen LogP contribution in [0.15, 0.2) is 0 Å². The lowest BCUT2D eigenvalue weighted by Crippen LogP contribution is -2.46. The largest absolute Gasteiger partial charge is 0.391 e. The van der Waals surface area contributed by atoms with Gasteiger partial charge in [-0.25, -0.2) is 0 Å². The van der Waals surface area contributed by atoms with E-state index in [0.29, 0.717) is 5.92 Å². The Balaban J connectivity index is 2.78. The van der Waals surface area contributed by atoms with Crippen molar-refractivity contribution in [2.45, 2.75) is 70.7 Å². The quantitative estimate of drug-likeness (QED) is 0.800. The van der Waals surface area contributed by atoms with E-state index in [1.807, 2.05) is 6.92 Å². The van der Waals surface area contributed by atoms with Gasteiger partial charge in [-0.1, -0.05) is 13.3 Å². The predicted octanol–water partition coefficient (Wildman–Crippen LogP) is 2.63. The number of hydrogen-bond donors (Lipinski definition) is 1. The van der Waals surface area contributed by atoms with Crippen molar-refractivity contribution in [2.24, 2.45) is 5.92 Å². The average molecular weight is 225 g/mol. The lowest BCUT2D eigenvalue weighted by Gasteiger charge is -2.40. The second kappa shape index (κ2) is 5.65. The first kappa shape index (κ1) is 13.5. The Labute approximate surface area is 98.4 Å². The van der Waals surface area contributed by atoms with Crippen LogP contribution < -0.4 is 0 Å². The Morgan fingerprint density at radius 1 is 1.50 bits per heavy atom. The minimum Gasteiger partial charge on any atom is -0.391 e. The molecule has 0 aromatic heterocycles. The molecular weight excluding hydrogens is 202 g/mol. The van der Waals surface area contributed by atoms with Crippen molar-refractivity contribution in [3.63, 3.8) is 0 Å². The monoisotopic (exact) mass is 225 g/mol. The van der Waals surface area contributed by atoms with E-state index in [0.717, 1.165) is 25.7 Å². The summed E-state index contributed by atoms with van der Waals surface area (Å²) < 4.78 is 5.88. The molecule has 0 aromatic carbocycles. The standard InChI is InChI=1S/C13H23NO2/c1-4-12-7-5-6-8-13(12,9-14)16-11(3)10(2)15/h10-12,15H,4-8H2,1-3H3. The van der Waals surface area contributed by atoms with Crippen molar-refractivity contribution in [1.29, 1.82) is 5.26 Å². The molecule has 0 heterocycles. The molecule has 0 bridgehead atoms. The lowest BCUT2D eigenvalue weighted by molar-refractivity contribution is -0.135. The van der Waals surface area contributed by atoms with Crippen LogP contribution in [0.25, 0.3) is 0 Å². The molecule has 1 aliphatic rings. The highest BCUT2D eigenvalue weighted by Gasteiger charge is 2.42. The molecule has 92 valence electrons. The topological polar surface area (TPSA) is 53.2 Å². The molecule has 16 heavy (non-hydrogen) atoms. The van der Waals surface area contributed by atoms with E-state index >= 15 is 0 Å². The summed E-state index contributed by atoms with van der Waals surface area (Å²) in [4.78, 5) is 0. The van der Waals surface area contributed by atoms with Gasteiger partial charge in [-0.05, 0) is 39.5 Å². The highest BCUT2D eigenvalue weighted by Crippen LogP contribution is 2.39. The van der Waals surface area contributed by atoms with Crippen LogP contribution in [0.1, 0.15) is 52.9 Å². The van der Waals surface area contributed by atoms with Crippen molar-refractivity contribution < 1.29 is 9.84 Å². The Morgan fingerprint density at radius 3 is 2.69 bits per heavy atom. The maximum absolute atomic E-state index is 9.49. The predicted molar refractivity (Wildman–Crippen MR) is 62.8 cm³/mol. The molecule has 0 aromatic rings. The minimum atomic E-state index is -0.663. The zero-order chi connectivity index (χ0) is 12.2. The molecule has 1 aliphatic carbocycles. The van der Waals surface area contributed by atoms with Gasteiger partial charge in [0.2, 0.25) is 0 Å². The summed E-state index contributed by atoms with van der Waals surface area (Å²) in [5.74, 6) is 0.312. The summed E-state index contributed by atoms with van der Waals surface area (Å²) >= 11 is 0. The van der Waals surface area contributed by atoms with Crippen molar-refractivity contribution in [3.8, 4) is 6.07 Å². The summed E-state index contributed by atoms with van der Waals surface area (Å²) in [5, 5.41) is 18.9. The second-order valence-electron chi connectivity index (χ2n) is 4.92. The van der Waals surface area contributed by atoms with E-state index in [4.69, 9.17) is 4.74 Å². The van der Waals surface area contributed by atoms with E-state index in [1.54, 1.807) is 6.92 Å². The summed E-state index contributed by atoms with van der Waals surface area (Å²) in [6.07, 6.45) is 4.29. The van der Waals surface area contributed by atoms with Gasteiger partial charge in [-0.3, -0.25) is 0 Å². The molecule has 3 heteroatoms. The first-order valence-electron chi connectivity index (χ1n) is 6.33. The van der Waals surface area contributed by atoms with E-state index in [2.05, 4.69) is 13.0 Å². The van der Waals surface area contributed by atoms with Gasteiger partial charge in [-0.15, -0.1) is 0 Å². The normalized spacial score (nSPS) is 34.1. The summed E-state index contributed by atoms with van der Waals surface area (Å²) in [6.45, 7) is 5.66. The van der Waals surface area contributed by atoms with E-state index in [-0.39, 0.29) is 6.10 Å². The van der Waals surface area contributed by atoms with Crippen molar-refractivity contribution in [1.82, 2.24) is 0 Å². The van der Waals surface area contributed by atoms with Gasteiger partial charge in [0.25, 0.3) is 0 Å². The van der Waals surface area contributed by atoms with Crippen LogP contribution in [0.4, 0.5) is 0 Å². The number of hydrogen-bond acceptors (Lipinski definition) is 3. The average Bonchev–Trinajstić information content (AvgIpc) is 2.29. The number of nitrogens with zero attached hydrogens (tertiary/aromatic N) is 1. The Bertz CT molecular complexity index is 259. The molecular formula is C13H23NO2. The molecule has 3 nitrogen and oxygen atoms in total. The fourth-order valence-corrected chi connectivity index (χ4v) is 2.51. The Kier molecular flexibility index (Phi) is 4.76. The maximum atomic E-state index is 9.49. The first-order valence-corrected chi connectivity index (χ1v) is 6.33. The molecule has 1 fully saturated rings. The zero-order valence-electron chi connectivity index (χ0n) is 10.6. The van der Waals surface area contributed by atoms with Crippen LogP contribution in [0.5, 0.6) is 0 Å². The van der Waals surface area contributed by atoms with Gasteiger partial charge in [0.15, 0.2) is 5.60 Å². The first-order chi connectivity index (χ1) is 7.55. The lowest BCUT2D eigenvalue weighted by atomic mass is 9.74. The molecule has 1 rings (SSSR count). The molecule has 0 amide bonds. The van der Waals surface area contributed by atoms with E-state index in [1.165, 1.54) is 6.42 Å². The fraction of sp³-hybridized carbons (Fsp3) is 0.923. The molecule has 0 radical (unpaired) electrons. The molecule has 4 unspecified atom stereocenters. The van der Waals surface area contributed by atoms with Gasteiger partial charge in [0.05, 0.1) is 18.3 Å². The number of aliphatic hydroxyl groups is 1. The van der Waals surface area contributed by atoms with Gasteiger partial charge >= 0.3 is 0 Å². The van der Waals surface area contributed by atoms with Gasteiger partial charge in [-0.2, -0.15) is 5.26 Å². The molecule has 0 aliphatic heterocycles. The van der Waals surface area contributed by atoms with Crippen LogP contribution >= 0.6 is 0 Å². The summed E-state index contributed by atoms with van der Waals surface area (Å²) in [5.41, 5.74) is -0.663. The van der Waals surface area contributed by atoms with Gasteiger partial charge in [0, 0.05) is 5.92 Å². The molecule has 1 N–H and O–H groups in total. The third kappa shape index (κ3) is 2.75. The van der Waals surface area contributed by atoms with Crippen LogP contribution in [-0.2, 0) is 4.74 Å². The van der Waals surface area contributed by atoms with E-state index < -0.39 is 11.7 Å². The fourth-order valence-electron chi connectivity index (χ4n) is 2.51. The molecule has 1 saturated carbocycles. The van der Waals surface area contributed by atoms with Crippen molar-refractivity contribution in [3.05, 3.63) is 0 Å². The van der Waals surface area contributed by atoms with Gasteiger partial charge in [0.1, 0.15) is 0 Å². The third-order valence-corrected chi connectivity index (χ3v) is 3.77. The number of rotatable bonds is 4. The smallest absolute Gasteiger partial charge is 0.157 e. The molecule has 0 spiro atoms. The second-order valence-corrected chi connectivity index (χ2v) is 4.92. The molecule has 0 saturated heterocycles.